The smallest absolute Gasteiger partial charge is 0.250 e. The number of nitrogens with two attached hydrogens (primary N) is 1. The number of rotatable bonds is 7. The van der Waals surface area contributed by atoms with Gasteiger partial charge in [0.25, 0.3) is 0 Å². The van der Waals surface area contributed by atoms with E-state index in [4.69, 9.17) is 10.5 Å². The summed E-state index contributed by atoms with van der Waals surface area (Å²) in [5, 5.41) is 10.9. The molecule has 31 heavy (non-hydrogen) atoms. The Morgan fingerprint density at radius 3 is 2.42 bits per heavy atom. The second-order valence-electron chi connectivity index (χ2n) is 7.94. The number of hydrogen-bond donors (Lipinski definition) is 2. The maximum absolute atomic E-state index is 11.3. The molecule has 1 amide bonds. The average molecular weight is 418 g/mol. The number of primary amides is 1. The number of likely N-dealkylation sites (tertiary alicyclic amines) is 1. The molecule has 0 spiro atoms. The van der Waals surface area contributed by atoms with Gasteiger partial charge in [0.05, 0.1) is 11.2 Å². The molecule has 3 aromatic rings. The van der Waals surface area contributed by atoms with E-state index < -0.39 is 11.5 Å². The van der Waals surface area contributed by atoms with Gasteiger partial charge >= 0.3 is 0 Å². The van der Waals surface area contributed by atoms with E-state index in [1.165, 1.54) is 6.20 Å². The molecule has 0 unspecified atom stereocenters. The molecule has 1 aliphatic heterocycles. The minimum atomic E-state index is -0.727. The number of hydrogen-bond acceptors (Lipinski definition) is 5. The van der Waals surface area contributed by atoms with Crippen molar-refractivity contribution in [2.24, 2.45) is 5.73 Å². The number of aromatic nitrogens is 1. The third-order valence-corrected chi connectivity index (χ3v) is 5.88. The number of pyridine rings is 1. The van der Waals surface area contributed by atoms with Crippen LogP contribution in [0, 0.1) is 0 Å². The van der Waals surface area contributed by atoms with E-state index in [2.05, 4.69) is 9.88 Å². The van der Waals surface area contributed by atoms with Crippen LogP contribution in [-0.4, -0.2) is 47.1 Å². The van der Waals surface area contributed by atoms with Gasteiger partial charge in [0.1, 0.15) is 12.4 Å². The van der Waals surface area contributed by atoms with E-state index in [1.807, 2.05) is 54.6 Å². The molecular weight excluding hydrogens is 390 g/mol. The second kappa shape index (κ2) is 9.29. The lowest BCUT2D eigenvalue weighted by Gasteiger charge is -2.38. The highest BCUT2D eigenvalue weighted by Crippen LogP contribution is 2.32. The fraction of sp³-hybridized carbons (Fsp3) is 0.280. The number of amides is 1. The number of nitrogens with zero attached hydrogens (tertiary/aromatic N) is 2. The molecule has 0 bridgehead atoms. The molecular formula is C25H27N3O3. The first kappa shape index (κ1) is 21.0. The van der Waals surface area contributed by atoms with Crippen LogP contribution in [0.3, 0.4) is 0 Å². The third-order valence-electron chi connectivity index (χ3n) is 5.88. The zero-order chi connectivity index (χ0) is 21.7. The average Bonchev–Trinajstić information content (AvgIpc) is 2.81. The molecule has 4 rings (SSSR count). The molecule has 6 nitrogen and oxygen atoms in total. The lowest BCUT2D eigenvalue weighted by atomic mass is 9.84. The van der Waals surface area contributed by atoms with Crippen LogP contribution in [0.4, 0.5) is 0 Å². The molecule has 0 radical (unpaired) electrons. The summed E-state index contributed by atoms with van der Waals surface area (Å²) in [4.78, 5) is 17.7. The fourth-order valence-corrected chi connectivity index (χ4v) is 3.95. The summed E-state index contributed by atoms with van der Waals surface area (Å²) in [5.41, 5.74) is 7.77. The van der Waals surface area contributed by atoms with Crippen molar-refractivity contribution in [2.45, 2.75) is 18.4 Å². The number of ether oxygens (including phenoxy) is 1. The first-order valence-corrected chi connectivity index (χ1v) is 10.5. The second-order valence-corrected chi connectivity index (χ2v) is 7.94. The van der Waals surface area contributed by atoms with Gasteiger partial charge in [-0.15, -0.1) is 0 Å². The van der Waals surface area contributed by atoms with Gasteiger partial charge in [-0.1, -0.05) is 42.5 Å². The van der Waals surface area contributed by atoms with Crippen molar-refractivity contribution in [3.05, 3.63) is 84.2 Å². The van der Waals surface area contributed by atoms with Gasteiger partial charge in [-0.25, -0.2) is 0 Å². The van der Waals surface area contributed by atoms with Crippen LogP contribution in [0.2, 0.25) is 0 Å². The molecule has 0 atom stereocenters. The van der Waals surface area contributed by atoms with Crippen molar-refractivity contribution in [3.63, 3.8) is 0 Å². The number of aliphatic hydroxyl groups is 1. The van der Waals surface area contributed by atoms with Crippen molar-refractivity contribution in [1.29, 1.82) is 0 Å². The summed E-state index contributed by atoms with van der Waals surface area (Å²) < 4.78 is 5.90. The summed E-state index contributed by atoms with van der Waals surface area (Å²) in [5.74, 6) is 0.301. The quantitative estimate of drug-likeness (QED) is 0.616. The molecule has 2 aromatic carbocycles. The first-order chi connectivity index (χ1) is 15.0. The van der Waals surface area contributed by atoms with Crippen LogP contribution >= 0.6 is 0 Å². The summed E-state index contributed by atoms with van der Waals surface area (Å²) in [6.07, 6.45) is 4.62. The summed E-state index contributed by atoms with van der Waals surface area (Å²) in [6, 6.07) is 19.4. The zero-order valence-electron chi connectivity index (χ0n) is 17.4. The maximum atomic E-state index is 11.3. The van der Waals surface area contributed by atoms with E-state index >= 15 is 0 Å². The lowest BCUT2D eigenvalue weighted by Crippen LogP contribution is -2.43. The van der Waals surface area contributed by atoms with Crippen molar-refractivity contribution in [1.82, 2.24) is 9.88 Å². The van der Waals surface area contributed by atoms with Crippen LogP contribution in [0.1, 0.15) is 28.8 Å². The minimum absolute atomic E-state index is 0.388. The highest BCUT2D eigenvalue weighted by Gasteiger charge is 2.33. The van der Waals surface area contributed by atoms with Gasteiger partial charge in [-0.05, 0) is 42.2 Å². The predicted octanol–water partition coefficient (Wildman–Crippen LogP) is 3.21. The first-order valence-electron chi connectivity index (χ1n) is 10.5. The maximum Gasteiger partial charge on any atom is 0.250 e. The Kier molecular flexibility index (Phi) is 6.30. The minimum Gasteiger partial charge on any atom is -0.492 e. The molecule has 0 saturated carbocycles. The summed E-state index contributed by atoms with van der Waals surface area (Å²) in [6.45, 7) is 3.09. The van der Waals surface area contributed by atoms with Crippen LogP contribution < -0.4 is 10.5 Å². The Morgan fingerprint density at radius 1 is 1.03 bits per heavy atom. The molecule has 1 fully saturated rings. The number of benzene rings is 2. The Balaban J connectivity index is 1.26. The van der Waals surface area contributed by atoms with Crippen LogP contribution in [0.25, 0.3) is 11.1 Å². The normalized spacial score (nSPS) is 16.0. The van der Waals surface area contributed by atoms with Crippen LogP contribution in [0.15, 0.2) is 73.1 Å². The highest BCUT2D eigenvalue weighted by molar-refractivity contribution is 5.93. The summed E-state index contributed by atoms with van der Waals surface area (Å²) in [7, 11) is 0. The largest absolute Gasteiger partial charge is 0.492 e. The Labute approximate surface area is 182 Å². The van der Waals surface area contributed by atoms with Gasteiger partial charge in [0.2, 0.25) is 5.91 Å². The molecule has 1 aromatic heterocycles. The Hall–Kier alpha value is -3.22. The monoisotopic (exact) mass is 417 g/mol. The van der Waals surface area contributed by atoms with Crippen molar-refractivity contribution >= 4 is 5.91 Å². The number of carbonyl (C=O) groups is 1. The lowest BCUT2D eigenvalue weighted by molar-refractivity contribution is -0.0278. The Morgan fingerprint density at radius 2 is 1.74 bits per heavy atom. The third kappa shape index (κ3) is 5.10. The van der Waals surface area contributed by atoms with Gasteiger partial charge < -0.3 is 15.6 Å². The molecule has 2 heterocycles. The van der Waals surface area contributed by atoms with Gasteiger partial charge in [-0.3, -0.25) is 14.7 Å². The van der Waals surface area contributed by atoms with Gasteiger partial charge in [-0.2, -0.15) is 0 Å². The topological polar surface area (TPSA) is 88.7 Å². The molecule has 1 aliphatic rings. The fourth-order valence-electron chi connectivity index (χ4n) is 3.95. The van der Waals surface area contributed by atoms with Gasteiger partial charge in [0.15, 0.2) is 0 Å². The van der Waals surface area contributed by atoms with E-state index in [-0.39, 0.29) is 0 Å². The molecule has 1 saturated heterocycles. The van der Waals surface area contributed by atoms with E-state index in [9.17, 15) is 9.90 Å². The molecule has 3 N–H and O–H groups in total. The van der Waals surface area contributed by atoms with Crippen molar-refractivity contribution in [2.75, 3.05) is 26.2 Å². The van der Waals surface area contributed by atoms with Crippen molar-refractivity contribution < 1.29 is 14.6 Å². The molecule has 0 aliphatic carbocycles. The SMILES string of the molecule is NC(=O)c1cncc(-c2ccc(OCCN3CCC(O)(c4ccccc4)CC3)cc2)c1. The summed E-state index contributed by atoms with van der Waals surface area (Å²) >= 11 is 0. The van der Waals surface area contributed by atoms with E-state index in [0.29, 0.717) is 12.2 Å². The van der Waals surface area contributed by atoms with E-state index in [1.54, 1.807) is 12.3 Å². The Bertz CT molecular complexity index is 1010. The predicted molar refractivity (Wildman–Crippen MR) is 120 cm³/mol. The standard InChI is InChI=1S/C25H27N3O3/c26-24(29)21-16-20(17-27-18-21)19-6-8-23(9-7-19)31-15-14-28-12-10-25(30,11-13-28)22-4-2-1-3-5-22/h1-9,16-18,30H,10-15H2,(H2,26,29). The van der Waals surface area contributed by atoms with Gasteiger partial charge in [0, 0.05) is 37.6 Å². The van der Waals surface area contributed by atoms with Crippen LogP contribution in [0.5, 0.6) is 5.75 Å². The zero-order valence-corrected chi connectivity index (χ0v) is 17.4. The van der Waals surface area contributed by atoms with E-state index in [0.717, 1.165) is 54.9 Å². The number of piperidine rings is 1. The molecule has 6 heteroatoms. The number of carbonyl (C=O) groups excluding carboxylic acids is 1. The molecule has 160 valence electrons. The highest BCUT2D eigenvalue weighted by atomic mass is 16.5. The van der Waals surface area contributed by atoms with Crippen molar-refractivity contribution in [3.8, 4) is 16.9 Å². The van der Waals surface area contributed by atoms with Crippen LogP contribution in [-0.2, 0) is 5.60 Å².